The van der Waals surface area contributed by atoms with Gasteiger partial charge in [0.1, 0.15) is 5.82 Å². The summed E-state index contributed by atoms with van der Waals surface area (Å²) >= 11 is 0. The van der Waals surface area contributed by atoms with Gasteiger partial charge in [-0.3, -0.25) is 9.78 Å². The van der Waals surface area contributed by atoms with Crippen LogP contribution < -0.4 is 0 Å². The van der Waals surface area contributed by atoms with Crippen molar-refractivity contribution in [2.75, 3.05) is 0 Å². The van der Waals surface area contributed by atoms with Crippen LogP contribution in [0.4, 0.5) is 4.39 Å². The number of para-hydroxylation sites is 1. The van der Waals surface area contributed by atoms with Crippen LogP contribution in [0, 0.1) is 5.82 Å². The van der Waals surface area contributed by atoms with Crippen molar-refractivity contribution < 1.29 is 18.7 Å². The van der Waals surface area contributed by atoms with Crippen LogP contribution in [-0.4, -0.2) is 45.9 Å². The fraction of sp³-hybridized carbons (Fsp3) is 0.471. The number of fused-ring (bicyclic) bond motifs is 1. The second kappa shape index (κ2) is 11.4. The third-order valence-corrected chi connectivity index (χ3v) is 7.72. The van der Waals surface area contributed by atoms with E-state index in [4.69, 9.17) is 14.5 Å². The first-order chi connectivity index (χ1) is 19.0. The van der Waals surface area contributed by atoms with Gasteiger partial charge in [0.15, 0.2) is 5.79 Å². The molecule has 2 heterocycles. The van der Waals surface area contributed by atoms with Crippen LogP contribution in [0.3, 0.4) is 0 Å². The molecule has 2 aliphatic rings. The summed E-state index contributed by atoms with van der Waals surface area (Å²) in [5.74, 6) is -0.560. The Balaban J connectivity index is 1.50. The van der Waals surface area contributed by atoms with Gasteiger partial charge in [-0.15, -0.1) is 0 Å². The third kappa shape index (κ3) is 6.29. The fourth-order valence-corrected chi connectivity index (χ4v) is 6.08. The average Bonchev–Trinajstić information content (AvgIpc) is 3.71. The van der Waals surface area contributed by atoms with Gasteiger partial charge >= 0.3 is 0 Å². The smallest absolute Gasteiger partial charge is 0.225 e. The van der Waals surface area contributed by atoms with Crippen molar-refractivity contribution in [2.45, 2.75) is 103 Å². The van der Waals surface area contributed by atoms with Gasteiger partial charge < -0.3 is 14.4 Å². The molecular formula is C34H41FN2O3. The van der Waals surface area contributed by atoms with E-state index in [2.05, 4.69) is 18.2 Å². The van der Waals surface area contributed by atoms with Gasteiger partial charge in [-0.25, -0.2) is 4.39 Å². The van der Waals surface area contributed by atoms with E-state index in [0.29, 0.717) is 18.8 Å². The number of benzene rings is 2. The highest BCUT2D eigenvalue weighted by molar-refractivity contribution is 5.99. The number of rotatable bonds is 8. The van der Waals surface area contributed by atoms with E-state index < -0.39 is 5.79 Å². The minimum absolute atomic E-state index is 0.101. The number of amides is 1. The predicted molar refractivity (Wildman–Crippen MR) is 158 cm³/mol. The molecule has 0 radical (unpaired) electrons. The number of halogens is 1. The summed E-state index contributed by atoms with van der Waals surface area (Å²) in [5, 5.41) is 1.04. The van der Waals surface area contributed by atoms with Crippen LogP contribution in [0.25, 0.3) is 28.1 Å². The van der Waals surface area contributed by atoms with Gasteiger partial charge in [-0.2, -0.15) is 0 Å². The Labute approximate surface area is 237 Å². The Morgan fingerprint density at radius 1 is 1.05 bits per heavy atom. The number of hydrogen-bond donors (Lipinski definition) is 0. The molecule has 40 heavy (non-hydrogen) atoms. The van der Waals surface area contributed by atoms with E-state index in [-0.39, 0.29) is 36.0 Å². The molecule has 6 heteroatoms. The molecule has 1 amide bonds. The lowest BCUT2D eigenvalue weighted by Crippen LogP contribution is -2.48. The van der Waals surface area contributed by atoms with Crippen molar-refractivity contribution in [3.8, 4) is 11.1 Å². The largest absolute Gasteiger partial charge is 0.347 e. The molecule has 212 valence electrons. The molecule has 1 aliphatic carbocycles. The molecule has 0 N–H and O–H groups in total. The summed E-state index contributed by atoms with van der Waals surface area (Å²) in [6, 6.07) is 15.1. The third-order valence-electron chi connectivity index (χ3n) is 7.72. The quantitative estimate of drug-likeness (QED) is 0.289. The maximum atomic E-state index is 13.9. The van der Waals surface area contributed by atoms with E-state index in [1.807, 2.05) is 76.8 Å². The number of aromatic nitrogens is 1. The maximum absolute atomic E-state index is 13.9. The maximum Gasteiger partial charge on any atom is 0.225 e. The molecule has 1 saturated carbocycles. The summed E-state index contributed by atoms with van der Waals surface area (Å²) in [6.45, 7) is 12.0. The molecule has 5 nitrogen and oxygen atoms in total. The Hall–Kier alpha value is -3.09. The minimum Gasteiger partial charge on any atom is -0.347 e. The normalized spacial score (nSPS) is 21.0. The monoisotopic (exact) mass is 544 g/mol. The van der Waals surface area contributed by atoms with E-state index in [9.17, 15) is 9.18 Å². The van der Waals surface area contributed by atoms with Crippen LogP contribution in [0.15, 0.2) is 54.6 Å². The first-order valence-corrected chi connectivity index (χ1v) is 14.6. The molecule has 1 saturated heterocycles. The number of carbonyl (C=O) groups excluding carboxylic acids is 1. The zero-order chi connectivity index (χ0) is 28.6. The van der Waals surface area contributed by atoms with Gasteiger partial charge in [0.2, 0.25) is 5.91 Å². The highest BCUT2D eigenvalue weighted by Gasteiger charge is 2.37. The van der Waals surface area contributed by atoms with Crippen LogP contribution in [0.2, 0.25) is 0 Å². The van der Waals surface area contributed by atoms with Gasteiger partial charge in [0, 0.05) is 40.9 Å². The van der Waals surface area contributed by atoms with Crippen molar-refractivity contribution in [1.29, 1.82) is 0 Å². The van der Waals surface area contributed by atoms with E-state index in [1.54, 1.807) is 0 Å². The SMILES string of the molecule is CC(C)N(C(=O)C[C@H]1C[C@@H](/C=C/c2c(C3CC3)nc3ccccc3c2-c2ccc(F)cc2)OC(C)(C)O1)C(C)C. The lowest BCUT2D eigenvalue weighted by Gasteiger charge is -2.41. The Morgan fingerprint density at radius 3 is 2.38 bits per heavy atom. The summed E-state index contributed by atoms with van der Waals surface area (Å²) in [4.78, 5) is 20.2. The van der Waals surface area contributed by atoms with Crippen molar-refractivity contribution >= 4 is 22.9 Å². The van der Waals surface area contributed by atoms with Crippen LogP contribution in [0.5, 0.6) is 0 Å². The number of carbonyl (C=O) groups is 1. The second-order valence-electron chi connectivity index (χ2n) is 12.2. The Bertz CT molecular complexity index is 1380. The van der Waals surface area contributed by atoms with E-state index in [0.717, 1.165) is 46.1 Å². The molecule has 2 aromatic carbocycles. The zero-order valence-electron chi connectivity index (χ0n) is 24.5. The second-order valence-corrected chi connectivity index (χ2v) is 12.2. The molecule has 1 aliphatic heterocycles. The first kappa shape index (κ1) is 28.4. The number of hydrogen-bond acceptors (Lipinski definition) is 4. The lowest BCUT2D eigenvalue weighted by molar-refractivity contribution is -0.290. The zero-order valence-corrected chi connectivity index (χ0v) is 24.5. The Morgan fingerprint density at radius 2 is 1.73 bits per heavy atom. The van der Waals surface area contributed by atoms with Gasteiger partial charge in [0.05, 0.1) is 29.8 Å². The molecule has 1 aromatic heterocycles. The number of pyridine rings is 1. The van der Waals surface area contributed by atoms with Crippen molar-refractivity contribution in [3.05, 3.63) is 71.7 Å². The topological polar surface area (TPSA) is 51.7 Å². The number of ether oxygens (including phenoxy) is 2. The van der Waals surface area contributed by atoms with E-state index in [1.165, 1.54) is 12.1 Å². The molecule has 0 unspecified atom stereocenters. The van der Waals surface area contributed by atoms with Crippen LogP contribution in [-0.2, 0) is 14.3 Å². The van der Waals surface area contributed by atoms with Gasteiger partial charge in [-0.05, 0) is 78.1 Å². The molecular weight excluding hydrogens is 503 g/mol. The van der Waals surface area contributed by atoms with Crippen LogP contribution >= 0.6 is 0 Å². The molecule has 0 spiro atoms. The predicted octanol–water partition coefficient (Wildman–Crippen LogP) is 7.88. The summed E-state index contributed by atoms with van der Waals surface area (Å²) in [5.41, 5.74) is 5.10. The molecule has 0 bridgehead atoms. The van der Waals surface area contributed by atoms with Crippen molar-refractivity contribution in [2.24, 2.45) is 0 Å². The Kier molecular flexibility index (Phi) is 8.12. The highest BCUT2D eigenvalue weighted by atomic mass is 19.1. The molecule has 5 rings (SSSR count). The fourth-order valence-electron chi connectivity index (χ4n) is 6.08. The standard InChI is InChI=1S/C34H41FN2O3/c1-21(2)37(22(3)4)31(38)20-27-19-26(39-34(5,6)40-27)17-18-29-32(23-13-15-25(35)16-14-23)28-9-7-8-10-30(28)36-33(29)24-11-12-24/h7-10,13-18,21-22,24,26-27H,11-12,19-20H2,1-6H3/b18-17+/t26-,27-/m1/s1. The molecule has 2 atom stereocenters. The highest BCUT2D eigenvalue weighted by Crippen LogP contribution is 2.45. The van der Waals surface area contributed by atoms with Gasteiger partial charge in [-0.1, -0.05) is 42.5 Å². The van der Waals surface area contributed by atoms with Crippen LogP contribution in [0.1, 0.15) is 84.4 Å². The minimum atomic E-state index is -0.820. The summed E-state index contributed by atoms with van der Waals surface area (Å²) in [7, 11) is 0. The summed E-state index contributed by atoms with van der Waals surface area (Å²) in [6.07, 6.45) is 6.87. The first-order valence-electron chi connectivity index (χ1n) is 14.6. The van der Waals surface area contributed by atoms with Gasteiger partial charge in [0.25, 0.3) is 0 Å². The molecule has 3 aromatic rings. The average molecular weight is 545 g/mol. The van der Waals surface area contributed by atoms with Crippen molar-refractivity contribution in [1.82, 2.24) is 9.88 Å². The van der Waals surface area contributed by atoms with E-state index >= 15 is 0 Å². The summed E-state index contributed by atoms with van der Waals surface area (Å²) < 4.78 is 26.4. The lowest BCUT2D eigenvalue weighted by atomic mass is 9.92. The molecule has 2 fully saturated rings. The number of nitrogens with zero attached hydrogens (tertiary/aromatic N) is 2. The van der Waals surface area contributed by atoms with Crippen molar-refractivity contribution in [3.63, 3.8) is 0 Å².